The minimum atomic E-state index is -0.833. The van der Waals surface area contributed by atoms with Crippen LogP contribution in [0.1, 0.15) is 40.8 Å². The monoisotopic (exact) mass is 583 g/mol. The molecule has 0 spiro atoms. The van der Waals surface area contributed by atoms with E-state index in [-0.39, 0.29) is 34.3 Å². The summed E-state index contributed by atoms with van der Waals surface area (Å²) in [5.74, 6) is 0.0535. The summed E-state index contributed by atoms with van der Waals surface area (Å²) in [6, 6.07) is 30.2. The van der Waals surface area contributed by atoms with E-state index in [0.29, 0.717) is 30.0 Å². The average molecular weight is 584 g/mol. The number of aliphatic carboxylic acids is 1. The fourth-order valence-electron chi connectivity index (χ4n) is 3.56. The maximum absolute atomic E-state index is 10.5. The van der Waals surface area contributed by atoms with Gasteiger partial charge in [0.2, 0.25) is 0 Å². The third kappa shape index (κ3) is 10.8. The van der Waals surface area contributed by atoms with Gasteiger partial charge < -0.3 is 20.1 Å². The van der Waals surface area contributed by atoms with Crippen molar-refractivity contribution in [1.29, 1.82) is 0 Å². The van der Waals surface area contributed by atoms with E-state index in [4.69, 9.17) is 19.6 Å². The number of phenols is 2. The zero-order chi connectivity index (χ0) is 28.0. The molecular weight excluding hydrogens is 551 g/mol. The summed E-state index contributed by atoms with van der Waals surface area (Å²) in [7, 11) is 0. The summed E-state index contributed by atoms with van der Waals surface area (Å²) in [4.78, 5) is 18.2. The summed E-state index contributed by atoms with van der Waals surface area (Å²) in [5.41, 5.74) is 4.31. The van der Waals surface area contributed by atoms with Gasteiger partial charge in [-0.25, -0.2) is 0 Å². The molecule has 0 fully saturated rings. The van der Waals surface area contributed by atoms with E-state index in [2.05, 4.69) is 4.99 Å². The van der Waals surface area contributed by atoms with Crippen LogP contribution >= 0.6 is 0 Å². The van der Waals surface area contributed by atoms with Crippen molar-refractivity contribution < 1.29 is 41.6 Å². The Morgan fingerprint density at radius 3 is 2.05 bits per heavy atom. The number of nitrogens with zero attached hydrogens (tertiary/aromatic N) is 2. The van der Waals surface area contributed by atoms with E-state index < -0.39 is 5.97 Å². The Kier molecular flexibility index (Phi) is 13.2. The Hall–Kier alpha value is -4.40. The van der Waals surface area contributed by atoms with Gasteiger partial charge in [0.1, 0.15) is 23.9 Å². The minimum absolute atomic E-state index is 0. The summed E-state index contributed by atoms with van der Waals surface area (Å²) in [5, 5.41) is 28.1. The minimum Gasteiger partial charge on any atom is -0.507 e. The Balaban J connectivity index is 0.00000105. The summed E-state index contributed by atoms with van der Waals surface area (Å²) >= 11 is 0. The zero-order valence-electron chi connectivity index (χ0n) is 22.3. The number of carboxylic acid groups (broad SMARTS) is 1. The Morgan fingerprint density at radius 1 is 0.850 bits per heavy atom. The molecular formula is C32H32CoN2O5. The van der Waals surface area contributed by atoms with E-state index in [1.165, 1.54) is 0 Å². The molecule has 4 aromatic rings. The van der Waals surface area contributed by atoms with Crippen molar-refractivity contribution in [2.45, 2.75) is 26.5 Å². The van der Waals surface area contributed by atoms with Crippen molar-refractivity contribution in [1.82, 2.24) is 0 Å². The van der Waals surface area contributed by atoms with Gasteiger partial charge in [0.05, 0.1) is 12.6 Å². The van der Waals surface area contributed by atoms with E-state index in [9.17, 15) is 10.2 Å². The molecule has 0 saturated heterocycles. The fourth-order valence-corrected chi connectivity index (χ4v) is 3.56. The number of aromatic hydroxyl groups is 2. The van der Waals surface area contributed by atoms with Crippen LogP contribution < -0.4 is 4.74 Å². The standard InChI is InChI=1S/C30H28N2O3.C2H4O2.Co/c1-22-12-13-25(29(33)16-22)18-31-20-28(24-10-6-3-7-11-24)32-19-26-14-15-27(17-30(26)34)35-21-23-8-4-2-5-9-23;1-2(3)4;/h2-19,28,33-34H,20-21H2,1H3;1H3,(H,3,4);. The van der Waals surface area contributed by atoms with Gasteiger partial charge in [-0.05, 0) is 47.9 Å². The molecule has 0 heterocycles. The second-order valence-electron chi connectivity index (χ2n) is 8.78. The van der Waals surface area contributed by atoms with E-state index in [1.54, 1.807) is 30.6 Å². The van der Waals surface area contributed by atoms with Gasteiger partial charge in [0, 0.05) is 53.3 Å². The normalized spacial score (nSPS) is 11.3. The molecule has 3 N–H and O–H groups in total. The first-order chi connectivity index (χ1) is 18.8. The SMILES string of the molecule is CC(=O)O.Cc1ccc(C=NCC(N=Cc2ccc(OCc3ccccc3)cc2O)c2ccccc2)c(O)c1.[Co]. The maximum Gasteiger partial charge on any atom is 0.300 e. The Bertz CT molecular complexity index is 1410. The number of phenolic OH excluding ortho intramolecular Hbond substituents is 2. The summed E-state index contributed by atoms with van der Waals surface area (Å²) < 4.78 is 5.79. The number of aliphatic imine (C=N–C) groups is 2. The first kappa shape index (κ1) is 31.8. The number of carbonyl (C=O) groups is 1. The van der Waals surface area contributed by atoms with Crippen molar-refractivity contribution in [2.24, 2.45) is 9.98 Å². The molecule has 0 amide bonds. The first-order valence-corrected chi connectivity index (χ1v) is 12.4. The van der Waals surface area contributed by atoms with Crippen LogP contribution in [0.25, 0.3) is 0 Å². The van der Waals surface area contributed by atoms with Crippen molar-refractivity contribution in [3.05, 3.63) is 125 Å². The third-order valence-electron chi connectivity index (χ3n) is 5.52. The second kappa shape index (κ2) is 16.5. The fraction of sp³-hybridized carbons (Fsp3) is 0.156. The number of ether oxygens (including phenoxy) is 1. The van der Waals surface area contributed by atoms with Crippen LogP contribution in [0, 0.1) is 6.92 Å². The number of carboxylic acids is 1. The quantitative estimate of drug-likeness (QED) is 0.199. The second-order valence-corrected chi connectivity index (χ2v) is 8.78. The van der Waals surface area contributed by atoms with Gasteiger partial charge in [-0.2, -0.15) is 0 Å². The Labute approximate surface area is 244 Å². The van der Waals surface area contributed by atoms with Crippen LogP contribution in [0.4, 0.5) is 0 Å². The van der Waals surface area contributed by atoms with Crippen LogP contribution in [0.2, 0.25) is 0 Å². The molecule has 1 radical (unpaired) electrons. The third-order valence-corrected chi connectivity index (χ3v) is 5.52. The molecule has 1 unspecified atom stereocenters. The number of hydrogen-bond donors (Lipinski definition) is 3. The average Bonchev–Trinajstić information content (AvgIpc) is 2.92. The molecule has 1 atom stereocenters. The van der Waals surface area contributed by atoms with E-state index >= 15 is 0 Å². The van der Waals surface area contributed by atoms with E-state index in [0.717, 1.165) is 23.6 Å². The summed E-state index contributed by atoms with van der Waals surface area (Å²) in [6.07, 6.45) is 3.32. The van der Waals surface area contributed by atoms with Crippen molar-refractivity contribution >= 4 is 18.4 Å². The van der Waals surface area contributed by atoms with Gasteiger partial charge in [-0.1, -0.05) is 66.7 Å². The first-order valence-electron chi connectivity index (χ1n) is 12.4. The van der Waals surface area contributed by atoms with Crippen LogP contribution in [0.3, 0.4) is 0 Å². The van der Waals surface area contributed by atoms with Gasteiger partial charge in [-0.15, -0.1) is 0 Å². The largest absolute Gasteiger partial charge is 0.507 e. The van der Waals surface area contributed by atoms with Gasteiger partial charge in [-0.3, -0.25) is 14.8 Å². The van der Waals surface area contributed by atoms with Crippen molar-refractivity contribution in [3.8, 4) is 17.2 Å². The maximum atomic E-state index is 10.5. The van der Waals surface area contributed by atoms with Crippen LogP contribution in [0.5, 0.6) is 17.2 Å². The van der Waals surface area contributed by atoms with Crippen LogP contribution in [-0.2, 0) is 28.2 Å². The molecule has 0 aromatic heterocycles. The van der Waals surface area contributed by atoms with Gasteiger partial charge in [0.15, 0.2) is 0 Å². The molecule has 4 rings (SSSR count). The van der Waals surface area contributed by atoms with Crippen molar-refractivity contribution in [2.75, 3.05) is 6.54 Å². The molecule has 0 saturated carbocycles. The molecule has 4 aromatic carbocycles. The Morgan fingerprint density at radius 2 is 1.43 bits per heavy atom. The molecule has 209 valence electrons. The molecule has 7 nitrogen and oxygen atoms in total. The van der Waals surface area contributed by atoms with Crippen LogP contribution in [-0.4, -0.2) is 40.3 Å². The predicted octanol–water partition coefficient (Wildman–Crippen LogP) is 6.35. The van der Waals surface area contributed by atoms with Crippen LogP contribution in [0.15, 0.2) is 107 Å². The number of rotatable bonds is 9. The number of hydrogen-bond acceptors (Lipinski definition) is 6. The molecule has 8 heteroatoms. The van der Waals surface area contributed by atoms with Crippen molar-refractivity contribution in [3.63, 3.8) is 0 Å². The number of aryl methyl sites for hydroxylation is 1. The van der Waals surface area contributed by atoms with Gasteiger partial charge >= 0.3 is 0 Å². The number of benzene rings is 4. The molecule has 0 aliphatic carbocycles. The predicted molar refractivity (Wildman–Crippen MR) is 154 cm³/mol. The molecule has 0 bridgehead atoms. The van der Waals surface area contributed by atoms with E-state index in [1.807, 2.05) is 85.8 Å². The summed E-state index contributed by atoms with van der Waals surface area (Å²) in [6.45, 7) is 3.84. The van der Waals surface area contributed by atoms with Gasteiger partial charge in [0.25, 0.3) is 5.97 Å². The molecule has 40 heavy (non-hydrogen) atoms. The molecule has 0 aliphatic rings. The smallest absolute Gasteiger partial charge is 0.300 e. The molecule has 0 aliphatic heterocycles. The topological polar surface area (TPSA) is 112 Å². The zero-order valence-corrected chi connectivity index (χ0v) is 23.3.